The first-order chi connectivity index (χ1) is 9.21. The molecule has 0 saturated carbocycles. The SMILES string of the molecule is CCN(CCCO)Cc1ccc(F)cc1C#CCO. The Bertz CT molecular complexity index is 451. The number of benzene rings is 1. The number of hydrogen-bond donors (Lipinski definition) is 2. The van der Waals surface area contributed by atoms with E-state index in [1.807, 2.05) is 6.92 Å². The number of halogens is 1. The molecule has 0 fully saturated rings. The number of rotatable bonds is 6. The molecule has 0 heterocycles. The molecular weight excluding hydrogens is 245 g/mol. The van der Waals surface area contributed by atoms with Crippen LogP contribution < -0.4 is 0 Å². The molecule has 0 atom stereocenters. The van der Waals surface area contributed by atoms with Crippen LogP contribution in [0.15, 0.2) is 18.2 Å². The monoisotopic (exact) mass is 265 g/mol. The van der Waals surface area contributed by atoms with Gasteiger partial charge in [0.2, 0.25) is 0 Å². The van der Waals surface area contributed by atoms with Gasteiger partial charge in [-0.1, -0.05) is 24.8 Å². The molecule has 1 aromatic carbocycles. The van der Waals surface area contributed by atoms with Gasteiger partial charge >= 0.3 is 0 Å². The van der Waals surface area contributed by atoms with E-state index in [1.54, 1.807) is 6.07 Å². The number of hydrogen-bond acceptors (Lipinski definition) is 3. The number of aliphatic hydroxyl groups excluding tert-OH is 2. The lowest BCUT2D eigenvalue weighted by Crippen LogP contribution is -2.25. The molecular formula is C15H20FNO2. The standard InChI is InChI=1S/C15H20FNO2/c1-2-17(8-4-10-19)12-14-6-7-15(16)11-13(14)5-3-9-18/h6-7,11,18-19H,2,4,8-10,12H2,1H3. The van der Waals surface area contributed by atoms with Crippen LogP contribution in [0.4, 0.5) is 4.39 Å². The highest BCUT2D eigenvalue weighted by atomic mass is 19.1. The summed E-state index contributed by atoms with van der Waals surface area (Å²) in [6.07, 6.45) is 0.715. The highest BCUT2D eigenvalue weighted by Crippen LogP contribution is 2.13. The number of nitrogens with zero attached hydrogens (tertiary/aromatic N) is 1. The Labute approximate surface area is 113 Å². The van der Waals surface area contributed by atoms with Gasteiger partial charge in [0.1, 0.15) is 12.4 Å². The van der Waals surface area contributed by atoms with Gasteiger partial charge < -0.3 is 10.2 Å². The van der Waals surface area contributed by atoms with Gasteiger partial charge in [-0.15, -0.1) is 0 Å². The van der Waals surface area contributed by atoms with Crippen LogP contribution in [0.25, 0.3) is 0 Å². The molecule has 3 nitrogen and oxygen atoms in total. The average Bonchev–Trinajstić information content (AvgIpc) is 2.43. The van der Waals surface area contributed by atoms with Crippen LogP contribution in [-0.2, 0) is 6.54 Å². The second kappa shape index (κ2) is 8.65. The molecule has 0 bridgehead atoms. The van der Waals surface area contributed by atoms with Crippen LogP contribution >= 0.6 is 0 Å². The fourth-order valence-corrected chi connectivity index (χ4v) is 1.82. The lowest BCUT2D eigenvalue weighted by atomic mass is 10.1. The molecule has 104 valence electrons. The van der Waals surface area contributed by atoms with E-state index in [9.17, 15) is 4.39 Å². The quantitative estimate of drug-likeness (QED) is 0.764. The van der Waals surface area contributed by atoms with Gasteiger partial charge in [0.25, 0.3) is 0 Å². The number of aliphatic hydroxyl groups is 2. The summed E-state index contributed by atoms with van der Waals surface area (Å²) < 4.78 is 13.2. The van der Waals surface area contributed by atoms with E-state index in [0.29, 0.717) is 18.5 Å². The molecule has 0 aromatic heterocycles. The maximum absolute atomic E-state index is 13.2. The zero-order valence-corrected chi connectivity index (χ0v) is 11.2. The van der Waals surface area contributed by atoms with Gasteiger partial charge in [-0.05, 0) is 30.7 Å². The van der Waals surface area contributed by atoms with Gasteiger partial charge in [-0.2, -0.15) is 0 Å². The van der Waals surface area contributed by atoms with Gasteiger partial charge in [0.15, 0.2) is 0 Å². The summed E-state index contributed by atoms with van der Waals surface area (Å²) in [5.41, 5.74) is 1.54. The van der Waals surface area contributed by atoms with Crippen LogP contribution in [0.5, 0.6) is 0 Å². The Morgan fingerprint density at radius 1 is 1.32 bits per heavy atom. The lowest BCUT2D eigenvalue weighted by Gasteiger charge is -2.20. The predicted molar refractivity (Wildman–Crippen MR) is 73.0 cm³/mol. The zero-order chi connectivity index (χ0) is 14.1. The topological polar surface area (TPSA) is 43.7 Å². The van der Waals surface area contributed by atoms with Crippen molar-refractivity contribution in [3.05, 3.63) is 35.1 Å². The Kier molecular flexibility index (Phi) is 7.12. The van der Waals surface area contributed by atoms with Crippen molar-refractivity contribution in [2.24, 2.45) is 0 Å². The second-order valence-corrected chi connectivity index (χ2v) is 4.21. The first-order valence-corrected chi connectivity index (χ1v) is 6.42. The molecule has 19 heavy (non-hydrogen) atoms. The lowest BCUT2D eigenvalue weighted by molar-refractivity contribution is 0.225. The van der Waals surface area contributed by atoms with Crippen molar-refractivity contribution in [2.75, 3.05) is 26.3 Å². The molecule has 0 unspecified atom stereocenters. The minimum absolute atomic E-state index is 0.164. The summed E-state index contributed by atoms with van der Waals surface area (Å²) in [4.78, 5) is 2.16. The Morgan fingerprint density at radius 2 is 2.11 bits per heavy atom. The molecule has 0 spiro atoms. The van der Waals surface area contributed by atoms with Crippen molar-refractivity contribution < 1.29 is 14.6 Å². The first kappa shape index (κ1) is 15.6. The molecule has 0 saturated heterocycles. The highest BCUT2D eigenvalue weighted by molar-refractivity contribution is 5.41. The third-order valence-corrected chi connectivity index (χ3v) is 2.85. The smallest absolute Gasteiger partial charge is 0.124 e. The van der Waals surface area contributed by atoms with Crippen LogP contribution in [0.1, 0.15) is 24.5 Å². The zero-order valence-electron chi connectivity index (χ0n) is 11.2. The van der Waals surface area contributed by atoms with Gasteiger partial charge in [-0.3, -0.25) is 4.90 Å². The summed E-state index contributed by atoms with van der Waals surface area (Å²) in [5, 5.41) is 17.6. The molecule has 0 amide bonds. The van der Waals surface area contributed by atoms with Crippen LogP contribution in [0.3, 0.4) is 0 Å². The Morgan fingerprint density at radius 3 is 2.74 bits per heavy atom. The Hall–Kier alpha value is -1.41. The van der Waals surface area contributed by atoms with Crippen molar-refractivity contribution in [3.8, 4) is 11.8 Å². The molecule has 4 heteroatoms. The first-order valence-electron chi connectivity index (χ1n) is 6.42. The van der Waals surface area contributed by atoms with Crippen molar-refractivity contribution in [3.63, 3.8) is 0 Å². The molecule has 2 N–H and O–H groups in total. The van der Waals surface area contributed by atoms with Crippen LogP contribution in [0.2, 0.25) is 0 Å². The van der Waals surface area contributed by atoms with E-state index in [2.05, 4.69) is 16.7 Å². The van der Waals surface area contributed by atoms with Crippen LogP contribution in [-0.4, -0.2) is 41.4 Å². The third-order valence-electron chi connectivity index (χ3n) is 2.85. The van der Waals surface area contributed by atoms with Gasteiger partial charge in [0, 0.05) is 25.3 Å². The molecule has 1 aromatic rings. The fourth-order valence-electron chi connectivity index (χ4n) is 1.82. The third kappa shape index (κ3) is 5.39. The maximum atomic E-state index is 13.2. The fraction of sp³-hybridized carbons (Fsp3) is 0.467. The van der Waals surface area contributed by atoms with E-state index < -0.39 is 0 Å². The van der Waals surface area contributed by atoms with Gasteiger partial charge in [0.05, 0.1) is 0 Å². The van der Waals surface area contributed by atoms with E-state index in [4.69, 9.17) is 10.2 Å². The predicted octanol–water partition coefficient (Wildman–Crippen LogP) is 1.37. The molecule has 0 aliphatic rings. The van der Waals surface area contributed by atoms with E-state index in [0.717, 1.165) is 18.7 Å². The van der Waals surface area contributed by atoms with Crippen molar-refractivity contribution >= 4 is 0 Å². The summed E-state index contributed by atoms with van der Waals surface area (Å²) in [6.45, 7) is 4.27. The summed E-state index contributed by atoms with van der Waals surface area (Å²) >= 11 is 0. The molecule has 0 aliphatic carbocycles. The van der Waals surface area contributed by atoms with E-state index in [1.165, 1.54) is 12.1 Å². The van der Waals surface area contributed by atoms with Crippen molar-refractivity contribution in [1.82, 2.24) is 4.90 Å². The minimum Gasteiger partial charge on any atom is -0.396 e. The van der Waals surface area contributed by atoms with Gasteiger partial charge in [-0.25, -0.2) is 4.39 Å². The summed E-state index contributed by atoms with van der Waals surface area (Å²) in [6, 6.07) is 4.52. The summed E-state index contributed by atoms with van der Waals surface area (Å²) in [5.74, 6) is 4.99. The molecule has 1 rings (SSSR count). The Balaban J connectivity index is 2.86. The maximum Gasteiger partial charge on any atom is 0.124 e. The minimum atomic E-state index is -0.329. The highest BCUT2D eigenvalue weighted by Gasteiger charge is 2.07. The summed E-state index contributed by atoms with van der Waals surface area (Å²) in [7, 11) is 0. The van der Waals surface area contributed by atoms with Crippen molar-refractivity contribution in [2.45, 2.75) is 19.9 Å². The van der Waals surface area contributed by atoms with Crippen LogP contribution in [0, 0.1) is 17.7 Å². The average molecular weight is 265 g/mol. The second-order valence-electron chi connectivity index (χ2n) is 4.21. The van der Waals surface area contributed by atoms with Crippen molar-refractivity contribution in [1.29, 1.82) is 0 Å². The molecule has 0 aliphatic heterocycles. The largest absolute Gasteiger partial charge is 0.396 e. The van der Waals surface area contributed by atoms with E-state index in [-0.39, 0.29) is 19.0 Å². The van der Waals surface area contributed by atoms with E-state index >= 15 is 0 Å². The molecule has 0 radical (unpaired) electrons. The normalized spacial score (nSPS) is 10.4.